The summed E-state index contributed by atoms with van der Waals surface area (Å²) in [7, 11) is -3.91. The van der Waals surface area contributed by atoms with Gasteiger partial charge in [-0.25, -0.2) is 8.42 Å². The zero-order valence-electron chi connectivity index (χ0n) is 12.5. The van der Waals surface area contributed by atoms with E-state index in [4.69, 9.17) is 4.74 Å². The molecule has 1 aliphatic rings. The largest absolute Gasteiger partial charge is 0.487 e. The van der Waals surface area contributed by atoms with Crippen LogP contribution in [-0.2, 0) is 16.3 Å². The van der Waals surface area contributed by atoms with Gasteiger partial charge in [0.1, 0.15) is 11.4 Å². The fraction of sp³-hybridized carbons (Fsp3) is 0.571. The van der Waals surface area contributed by atoms with Gasteiger partial charge in [0, 0.05) is 10.3 Å². The van der Waals surface area contributed by atoms with E-state index in [1.54, 1.807) is 6.07 Å². The number of benzene rings is 1. The van der Waals surface area contributed by atoms with Gasteiger partial charge in [0.05, 0.1) is 4.90 Å². The molecule has 0 radical (unpaired) electrons. The lowest BCUT2D eigenvalue weighted by atomic mass is 9.71. The van der Waals surface area contributed by atoms with Gasteiger partial charge in [-0.15, -0.1) is 0 Å². The van der Waals surface area contributed by atoms with E-state index in [1.807, 2.05) is 27.7 Å². The molecule has 0 aliphatic carbocycles. The summed E-state index contributed by atoms with van der Waals surface area (Å²) < 4.78 is 29.8. The molecule has 6 nitrogen and oxygen atoms in total. The topological polar surface area (TPSA) is 86.5 Å². The van der Waals surface area contributed by atoms with Crippen molar-refractivity contribution in [3.8, 4) is 5.75 Å². The van der Waals surface area contributed by atoms with Crippen LogP contribution in [0.1, 0.15) is 33.3 Å². The SMILES string of the molecule is CC1(C)Cc2cc(S(=O)(=O)C[N+](=O)[O-])ccc2OC1(C)C. The van der Waals surface area contributed by atoms with Crippen molar-refractivity contribution in [1.82, 2.24) is 0 Å². The molecule has 7 heteroatoms. The average Bonchev–Trinajstić information content (AvgIpc) is 2.27. The van der Waals surface area contributed by atoms with E-state index >= 15 is 0 Å². The maximum Gasteiger partial charge on any atom is 0.305 e. The van der Waals surface area contributed by atoms with Gasteiger partial charge in [0.15, 0.2) is 0 Å². The lowest BCUT2D eigenvalue weighted by Gasteiger charge is -2.46. The normalized spacial score (nSPS) is 19.4. The second-order valence-electron chi connectivity index (χ2n) is 6.52. The van der Waals surface area contributed by atoms with Crippen molar-refractivity contribution in [2.24, 2.45) is 5.41 Å². The minimum atomic E-state index is -3.91. The second-order valence-corrected chi connectivity index (χ2v) is 8.48. The Morgan fingerprint density at radius 2 is 1.90 bits per heavy atom. The van der Waals surface area contributed by atoms with Gasteiger partial charge >= 0.3 is 5.88 Å². The molecule has 116 valence electrons. The number of sulfone groups is 1. The van der Waals surface area contributed by atoms with E-state index in [0.29, 0.717) is 12.2 Å². The molecule has 0 saturated heterocycles. The average molecular weight is 313 g/mol. The Labute approximate surface area is 124 Å². The Hall–Kier alpha value is -1.63. The highest BCUT2D eigenvalue weighted by atomic mass is 32.2. The van der Waals surface area contributed by atoms with Crippen molar-refractivity contribution in [2.75, 3.05) is 5.88 Å². The highest BCUT2D eigenvalue weighted by Gasteiger charge is 2.43. The zero-order chi connectivity index (χ0) is 16.1. The van der Waals surface area contributed by atoms with E-state index in [2.05, 4.69) is 0 Å². The molecule has 21 heavy (non-hydrogen) atoms. The number of nitro groups is 1. The first-order chi connectivity index (χ1) is 9.45. The van der Waals surface area contributed by atoms with E-state index < -0.39 is 20.6 Å². The Bertz CT molecular complexity index is 691. The molecule has 0 aromatic heterocycles. The summed E-state index contributed by atoms with van der Waals surface area (Å²) in [5.74, 6) is -0.457. The molecule has 0 unspecified atom stereocenters. The molecule has 0 atom stereocenters. The Balaban J connectivity index is 2.45. The van der Waals surface area contributed by atoms with Crippen molar-refractivity contribution >= 4 is 9.84 Å². The number of fused-ring (bicyclic) bond motifs is 1. The van der Waals surface area contributed by atoms with Crippen LogP contribution in [0.15, 0.2) is 23.1 Å². The van der Waals surface area contributed by atoms with Gasteiger partial charge in [-0.2, -0.15) is 0 Å². The van der Waals surface area contributed by atoms with E-state index in [1.165, 1.54) is 12.1 Å². The second kappa shape index (κ2) is 4.69. The van der Waals surface area contributed by atoms with Crippen LogP contribution in [0.3, 0.4) is 0 Å². The molecular weight excluding hydrogens is 294 g/mol. The van der Waals surface area contributed by atoms with E-state index in [0.717, 1.165) is 5.56 Å². The molecule has 1 aromatic carbocycles. The third-order valence-corrected chi connectivity index (χ3v) is 5.82. The lowest BCUT2D eigenvalue weighted by molar-refractivity contribution is -0.458. The van der Waals surface area contributed by atoms with Crippen LogP contribution >= 0.6 is 0 Å². The molecule has 1 aliphatic heterocycles. The Kier molecular flexibility index (Phi) is 3.52. The van der Waals surface area contributed by atoms with Gasteiger partial charge in [0.2, 0.25) is 9.84 Å². The van der Waals surface area contributed by atoms with Crippen LogP contribution in [0.2, 0.25) is 0 Å². The molecule has 0 saturated carbocycles. The summed E-state index contributed by atoms with van der Waals surface area (Å²) in [5, 5.41) is 10.5. The summed E-state index contributed by atoms with van der Waals surface area (Å²) in [5.41, 5.74) is 0.218. The minimum absolute atomic E-state index is 0.0305. The van der Waals surface area contributed by atoms with Crippen molar-refractivity contribution in [2.45, 2.75) is 44.6 Å². The van der Waals surface area contributed by atoms with Gasteiger partial charge in [-0.3, -0.25) is 10.1 Å². The predicted octanol–water partition coefficient (Wildman–Crippen LogP) is 2.43. The number of rotatable bonds is 3. The smallest absolute Gasteiger partial charge is 0.305 e. The van der Waals surface area contributed by atoms with Crippen molar-refractivity contribution in [1.29, 1.82) is 0 Å². The Morgan fingerprint density at radius 3 is 2.48 bits per heavy atom. The number of ether oxygens (including phenoxy) is 1. The summed E-state index contributed by atoms with van der Waals surface area (Å²) in [6.07, 6.45) is 0.650. The molecule has 0 N–H and O–H groups in total. The molecule has 2 rings (SSSR count). The van der Waals surface area contributed by atoms with E-state index in [-0.39, 0.29) is 15.9 Å². The maximum atomic E-state index is 11.9. The first-order valence-corrected chi connectivity index (χ1v) is 8.26. The van der Waals surface area contributed by atoms with Crippen LogP contribution in [0.25, 0.3) is 0 Å². The van der Waals surface area contributed by atoms with Crippen molar-refractivity contribution in [3.05, 3.63) is 33.9 Å². The van der Waals surface area contributed by atoms with Crippen LogP contribution in [0, 0.1) is 15.5 Å². The summed E-state index contributed by atoms with van der Waals surface area (Å²) in [6, 6.07) is 4.44. The monoisotopic (exact) mass is 313 g/mol. The fourth-order valence-corrected chi connectivity index (χ4v) is 3.33. The predicted molar refractivity (Wildman–Crippen MR) is 77.7 cm³/mol. The van der Waals surface area contributed by atoms with Gasteiger partial charge in [-0.1, -0.05) is 13.8 Å². The van der Waals surface area contributed by atoms with Crippen molar-refractivity contribution in [3.63, 3.8) is 0 Å². The molecular formula is C14H19NO5S. The third-order valence-electron chi connectivity index (χ3n) is 4.29. The highest BCUT2D eigenvalue weighted by molar-refractivity contribution is 7.91. The van der Waals surface area contributed by atoms with Gasteiger partial charge < -0.3 is 4.74 Å². The standard InChI is InChI=1S/C14H19NO5S/c1-13(2)8-10-7-11(21(18,19)9-15(16)17)5-6-12(10)20-14(13,3)4/h5-7H,8-9H2,1-4H3. The maximum absolute atomic E-state index is 11.9. The summed E-state index contributed by atoms with van der Waals surface area (Å²) in [4.78, 5) is 9.60. The first-order valence-electron chi connectivity index (χ1n) is 6.61. The number of hydrogen-bond acceptors (Lipinski definition) is 5. The lowest BCUT2D eigenvalue weighted by Crippen LogP contribution is -2.48. The zero-order valence-corrected chi connectivity index (χ0v) is 13.4. The third kappa shape index (κ3) is 2.88. The summed E-state index contributed by atoms with van der Waals surface area (Å²) in [6.45, 7) is 8.09. The molecule has 1 heterocycles. The molecule has 0 amide bonds. The van der Waals surface area contributed by atoms with Gasteiger partial charge in [0.25, 0.3) is 0 Å². The molecule has 1 aromatic rings. The Morgan fingerprint density at radius 1 is 1.29 bits per heavy atom. The fourth-order valence-electron chi connectivity index (χ4n) is 2.30. The summed E-state index contributed by atoms with van der Waals surface area (Å²) >= 11 is 0. The molecule has 0 bridgehead atoms. The van der Waals surface area contributed by atoms with Gasteiger partial charge in [-0.05, 0) is 44.0 Å². The first kappa shape index (κ1) is 15.8. The van der Waals surface area contributed by atoms with Crippen molar-refractivity contribution < 1.29 is 18.1 Å². The number of hydrogen-bond donors (Lipinski definition) is 0. The van der Waals surface area contributed by atoms with Crippen LogP contribution < -0.4 is 4.74 Å². The van der Waals surface area contributed by atoms with Crippen LogP contribution in [-0.4, -0.2) is 24.8 Å². The quantitative estimate of drug-likeness (QED) is 0.632. The van der Waals surface area contributed by atoms with Crippen LogP contribution in [0.4, 0.5) is 0 Å². The number of nitrogens with zero attached hydrogens (tertiary/aromatic N) is 1. The van der Waals surface area contributed by atoms with E-state index in [9.17, 15) is 18.5 Å². The highest BCUT2D eigenvalue weighted by Crippen LogP contribution is 2.45. The van der Waals surface area contributed by atoms with Crippen LogP contribution in [0.5, 0.6) is 5.75 Å². The molecule has 0 fully saturated rings. The minimum Gasteiger partial charge on any atom is -0.487 e. The molecule has 0 spiro atoms.